The summed E-state index contributed by atoms with van der Waals surface area (Å²) in [6.07, 6.45) is 1.78. The van der Waals surface area contributed by atoms with E-state index in [1.807, 2.05) is 42.5 Å². The average molecular weight is 535 g/mol. The average Bonchev–Trinajstić information content (AvgIpc) is 3.22. The number of halogens is 1. The first-order chi connectivity index (χ1) is 18.2. The molecule has 0 spiro atoms. The van der Waals surface area contributed by atoms with E-state index in [-0.39, 0.29) is 6.61 Å². The molecule has 0 bridgehead atoms. The van der Waals surface area contributed by atoms with E-state index in [4.69, 9.17) is 14.5 Å². The number of methoxy groups -OCH3 is 1. The van der Waals surface area contributed by atoms with Crippen molar-refractivity contribution >= 4 is 19.3 Å². The van der Waals surface area contributed by atoms with Crippen molar-refractivity contribution < 1.29 is 19.0 Å². The fourth-order valence-corrected chi connectivity index (χ4v) is 13.2. The summed E-state index contributed by atoms with van der Waals surface area (Å²) < 4.78 is 30.2. The monoisotopic (exact) mass is 534 g/mol. The second-order valence-corrected chi connectivity index (χ2v) is 16.5. The van der Waals surface area contributed by atoms with E-state index < -0.39 is 14.1 Å². The number of fused-ring (bicyclic) bond motifs is 1. The molecule has 0 atom stereocenters. The van der Waals surface area contributed by atoms with Crippen LogP contribution in [0.2, 0.25) is 16.6 Å². The number of aliphatic hydroxyl groups excluding tert-OH is 1. The van der Waals surface area contributed by atoms with Crippen LogP contribution in [0.25, 0.3) is 22.3 Å². The van der Waals surface area contributed by atoms with Crippen LogP contribution in [0.3, 0.4) is 0 Å². The Kier molecular flexibility index (Phi) is 8.28. The van der Waals surface area contributed by atoms with Gasteiger partial charge in [-0.25, -0.2) is 9.37 Å². The molecule has 0 amide bonds. The topological polar surface area (TPSA) is 56.5 Å². The van der Waals surface area contributed by atoms with Gasteiger partial charge in [0, 0.05) is 28.8 Å². The first-order valence-electron chi connectivity index (χ1n) is 13.3. The van der Waals surface area contributed by atoms with Crippen molar-refractivity contribution in [2.24, 2.45) is 0 Å². The number of benzene rings is 2. The van der Waals surface area contributed by atoms with Gasteiger partial charge in [-0.3, -0.25) is 0 Å². The Morgan fingerprint density at radius 2 is 1.58 bits per heavy atom. The van der Waals surface area contributed by atoms with Crippen LogP contribution >= 0.6 is 0 Å². The number of aromatic nitrogens is 2. The number of hydrogen-bond donors (Lipinski definition) is 1. The molecule has 38 heavy (non-hydrogen) atoms. The van der Waals surface area contributed by atoms with Crippen LogP contribution in [0, 0.1) is 5.82 Å². The molecule has 2 aromatic carbocycles. The highest BCUT2D eigenvalue weighted by atomic mass is 28.3. The van der Waals surface area contributed by atoms with E-state index in [1.165, 1.54) is 6.07 Å². The smallest absolute Gasteiger partial charge is 0.172 e. The van der Waals surface area contributed by atoms with Gasteiger partial charge in [-0.2, -0.15) is 0 Å². The molecule has 0 saturated heterocycles. The number of rotatable bonds is 10. The number of hydrogen-bond acceptors (Lipinski definition) is 4. The second-order valence-electron chi connectivity index (χ2n) is 10.8. The Balaban J connectivity index is 2.00. The van der Waals surface area contributed by atoms with Crippen molar-refractivity contribution in [1.82, 2.24) is 9.22 Å². The first-order valence-corrected chi connectivity index (χ1v) is 15.5. The van der Waals surface area contributed by atoms with Crippen molar-refractivity contribution in [3.8, 4) is 22.8 Å². The molecule has 0 aliphatic rings. The zero-order chi connectivity index (χ0) is 27.6. The maximum Gasteiger partial charge on any atom is 0.172 e. The van der Waals surface area contributed by atoms with Gasteiger partial charge in [-0.05, 0) is 40.4 Å². The van der Waals surface area contributed by atoms with Gasteiger partial charge in [0.1, 0.15) is 18.1 Å². The second kappa shape index (κ2) is 11.3. The molecular formula is C31H39FN2O3Si. The van der Waals surface area contributed by atoms with Gasteiger partial charge in [-0.15, -0.1) is 0 Å². The lowest BCUT2D eigenvalue weighted by atomic mass is 10.0. The summed E-state index contributed by atoms with van der Waals surface area (Å²) in [5.74, 6) is 0.354. The normalized spacial score (nSPS) is 12.2. The summed E-state index contributed by atoms with van der Waals surface area (Å²) in [4.78, 5) is 4.81. The lowest BCUT2D eigenvalue weighted by Crippen LogP contribution is -2.52. The standard InChI is InChI=1S/C31H39FN2O3Si/c1-20(2)38(21(3)4,22(5)6)34-30(26(18-35)24-14-11-15-33-31(24)34)25-16-28(36-7)29(17-27(25)32)37-19-23-12-9-8-10-13-23/h8-17,20-22,35H,18-19H2,1-7H3. The van der Waals surface area contributed by atoms with Crippen molar-refractivity contribution in [2.75, 3.05) is 7.11 Å². The largest absolute Gasteiger partial charge is 0.493 e. The highest BCUT2D eigenvalue weighted by Gasteiger charge is 2.48. The number of nitrogens with zero attached hydrogens (tertiary/aromatic N) is 2. The first kappa shape index (κ1) is 27.9. The lowest BCUT2D eigenvalue weighted by Gasteiger charge is -2.45. The Morgan fingerprint density at radius 1 is 0.921 bits per heavy atom. The van der Waals surface area contributed by atoms with Crippen LogP contribution in [-0.4, -0.2) is 29.7 Å². The Bertz CT molecular complexity index is 1380. The molecule has 1 N–H and O–H groups in total. The summed E-state index contributed by atoms with van der Waals surface area (Å²) in [7, 11) is -0.849. The quantitative estimate of drug-likeness (QED) is 0.210. The molecule has 4 rings (SSSR count). The maximum absolute atomic E-state index is 16.2. The molecule has 5 nitrogen and oxygen atoms in total. The molecule has 7 heteroatoms. The third kappa shape index (κ3) is 4.62. The third-order valence-electron chi connectivity index (χ3n) is 7.90. The molecule has 0 aliphatic carbocycles. The van der Waals surface area contributed by atoms with Crippen molar-refractivity contribution in [1.29, 1.82) is 0 Å². The van der Waals surface area contributed by atoms with E-state index in [2.05, 4.69) is 45.8 Å². The van der Waals surface area contributed by atoms with E-state index in [0.717, 1.165) is 16.6 Å². The Morgan fingerprint density at radius 3 is 2.16 bits per heavy atom. The van der Waals surface area contributed by atoms with E-state index in [1.54, 1.807) is 19.4 Å². The summed E-state index contributed by atoms with van der Waals surface area (Å²) in [6, 6.07) is 16.7. The van der Waals surface area contributed by atoms with Crippen molar-refractivity contribution in [3.05, 3.63) is 77.7 Å². The van der Waals surface area contributed by atoms with Gasteiger partial charge >= 0.3 is 0 Å². The molecule has 4 aromatic rings. The SMILES string of the molecule is COc1cc(-c2c(CO)c3cccnc3n2[Si](C(C)C)(C(C)C)C(C)C)c(F)cc1OCc1ccccc1. The van der Waals surface area contributed by atoms with Gasteiger partial charge in [-0.1, -0.05) is 71.9 Å². The molecular weight excluding hydrogens is 495 g/mol. The fourth-order valence-electron chi connectivity index (χ4n) is 6.50. The minimum atomic E-state index is -2.41. The zero-order valence-corrected chi connectivity index (χ0v) is 24.5. The summed E-state index contributed by atoms with van der Waals surface area (Å²) in [5.41, 5.74) is 4.55. The van der Waals surface area contributed by atoms with Crippen LogP contribution in [-0.2, 0) is 13.2 Å². The highest BCUT2D eigenvalue weighted by molar-refractivity contribution is 6.83. The van der Waals surface area contributed by atoms with Crippen LogP contribution in [0.5, 0.6) is 11.5 Å². The van der Waals surface area contributed by atoms with E-state index in [9.17, 15) is 5.11 Å². The van der Waals surface area contributed by atoms with Crippen molar-refractivity contribution in [3.63, 3.8) is 0 Å². The Labute approximate surface area is 226 Å². The van der Waals surface area contributed by atoms with Gasteiger partial charge < -0.3 is 18.8 Å². The number of pyridine rings is 1. The predicted octanol–water partition coefficient (Wildman–Crippen LogP) is 7.95. The Hall–Kier alpha value is -3.16. The van der Waals surface area contributed by atoms with Crippen LogP contribution in [0.4, 0.5) is 4.39 Å². The van der Waals surface area contributed by atoms with Gasteiger partial charge in [0.15, 0.2) is 19.7 Å². The molecule has 2 heterocycles. The molecule has 0 unspecified atom stereocenters. The molecule has 0 radical (unpaired) electrons. The lowest BCUT2D eigenvalue weighted by molar-refractivity contribution is 0.282. The molecule has 0 aliphatic heterocycles. The van der Waals surface area contributed by atoms with Crippen LogP contribution in [0.15, 0.2) is 60.8 Å². The molecule has 2 aromatic heterocycles. The maximum atomic E-state index is 16.2. The van der Waals surface area contributed by atoms with Gasteiger partial charge in [0.25, 0.3) is 0 Å². The molecule has 202 valence electrons. The van der Waals surface area contributed by atoms with Crippen LogP contribution in [0.1, 0.15) is 52.7 Å². The predicted molar refractivity (Wildman–Crippen MR) is 155 cm³/mol. The van der Waals surface area contributed by atoms with Gasteiger partial charge in [0.2, 0.25) is 0 Å². The van der Waals surface area contributed by atoms with E-state index in [0.29, 0.717) is 51.6 Å². The molecule has 0 fully saturated rings. The highest BCUT2D eigenvalue weighted by Crippen LogP contribution is 2.49. The minimum absolute atomic E-state index is 0.225. The van der Waals surface area contributed by atoms with Gasteiger partial charge in [0.05, 0.1) is 19.4 Å². The number of aliphatic hydroxyl groups is 1. The summed E-state index contributed by atoms with van der Waals surface area (Å²) >= 11 is 0. The molecule has 0 saturated carbocycles. The third-order valence-corrected chi connectivity index (χ3v) is 14.7. The van der Waals surface area contributed by atoms with Crippen LogP contribution < -0.4 is 9.47 Å². The zero-order valence-electron chi connectivity index (χ0n) is 23.5. The van der Waals surface area contributed by atoms with E-state index >= 15 is 4.39 Å². The summed E-state index contributed by atoms with van der Waals surface area (Å²) in [5, 5.41) is 11.5. The summed E-state index contributed by atoms with van der Waals surface area (Å²) in [6.45, 7) is 13.7. The number of ether oxygens (including phenoxy) is 2. The fraction of sp³-hybridized carbons (Fsp3) is 0.387. The van der Waals surface area contributed by atoms with Crippen molar-refractivity contribution in [2.45, 2.75) is 71.4 Å². The minimum Gasteiger partial charge on any atom is -0.493 e.